The van der Waals surface area contributed by atoms with E-state index in [-0.39, 0.29) is 11.4 Å². The Morgan fingerprint density at radius 3 is 1.64 bits per heavy atom. The Balaban J connectivity index is 0.000000562. The van der Waals surface area contributed by atoms with Crippen LogP contribution in [-0.2, 0) is 4.79 Å². The van der Waals surface area contributed by atoms with Crippen molar-refractivity contribution in [3.8, 4) is 0 Å². The summed E-state index contributed by atoms with van der Waals surface area (Å²) in [4.78, 5) is 32.0. The first-order valence-corrected chi connectivity index (χ1v) is 6.32. The highest BCUT2D eigenvalue weighted by Gasteiger charge is 2.14. The van der Waals surface area contributed by atoms with Gasteiger partial charge in [-0.15, -0.1) is 0 Å². The molecule has 0 fully saturated rings. The minimum atomic E-state index is -0.498. The molecule has 0 aliphatic heterocycles. The zero-order valence-electron chi connectivity index (χ0n) is 11.9. The number of aldehydes is 1. The molecule has 6 heteroatoms. The van der Waals surface area contributed by atoms with Crippen molar-refractivity contribution in [3.63, 3.8) is 0 Å². The summed E-state index contributed by atoms with van der Waals surface area (Å²) in [6.45, 7) is 1.44. The maximum Gasteiger partial charge on any atom is 0.262 e. The number of amides is 1. The topological polar surface area (TPSA) is 114 Å². The van der Waals surface area contributed by atoms with Gasteiger partial charge in [0.1, 0.15) is 6.29 Å². The summed E-state index contributed by atoms with van der Waals surface area (Å²) in [5.74, 6) is -0.603. The van der Waals surface area contributed by atoms with Gasteiger partial charge in [-0.1, -0.05) is 0 Å². The Morgan fingerprint density at radius 1 is 0.909 bits per heavy atom. The second kappa shape index (κ2) is 7.14. The molecule has 0 aliphatic carbocycles. The molecule has 3 aromatic rings. The summed E-state index contributed by atoms with van der Waals surface area (Å²) in [5.41, 5.74) is 7.82. The second-order valence-electron chi connectivity index (χ2n) is 4.33. The molecule has 2 aromatic heterocycles. The molecule has 0 aliphatic rings. The van der Waals surface area contributed by atoms with Crippen LogP contribution in [0.2, 0.25) is 0 Å². The Morgan fingerprint density at radius 2 is 1.27 bits per heavy atom. The second-order valence-corrected chi connectivity index (χ2v) is 4.33. The summed E-state index contributed by atoms with van der Waals surface area (Å²) in [6.07, 6.45) is 0.750. The summed E-state index contributed by atoms with van der Waals surface area (Å²) >= 11 is 0. The molecule has 22 heavy (non-hydrogen) atoms. The predicted octanol–water partition coefficient (Wildman–Crippen LogP) is 1.25. The molecule has 0 unspecified atom stereocenters. The molecule has 114 valence electrons. The molecule has 0 spiro atoms. The molecular weight excluding hydrogens is 284 g/mol. The minimum absolute atomic E-state index is 0. The molecule has 0 saturated heterocycles. The number of nitrogens with two attached hydrogens (primary N) is 1. The summed E-state index contributed by atoms with van der Waals surface area (Å²) in [5, 5.41) is 0. The molecule has 1 aromatic carbocycles. The number of rotatable bonds is 2. The largest absolute Gasteiger partial charge is 0.412 e. The third-order valence-electron chi connectivity index (χ3n) is 2.99. The van der Waals surface area contributed by atoms with Gasteiger partial charge in [0, 0.05) is 22.2 Å². The third-order valence-corrected chi connectivity index (χ3v) is 2.99. The van der Waals surface area contributed by atoms with Crippen LogP contribution in [0.1, 0.15) is 27.6 Å². The lowest BCUT2D eigenvalue weighted by molar-refractivity contribution is -0.106. The Kier molecular flexibility index (Phi) is 5.54. The smallest absolute Gasteiger partial charge is 0.262 e. The number of benzene rings is 2. The SMILES string of the molecule is CC=O.NC(=O)c1ccc(C(=O)n2c3ccc2cc3)cc1.O. The standard InChI is InChI=1S/C14H10N2O2.C2H4O.H2O/c15-13(17)9-1-3-10(4-2-9)14(18)16-11-5-6-12(16)8-7-11;1-2-3;/h1-8H,(H2,15,17);2H,1H3;1H2. The Hall–Kier alpha value is -2.99. The van der Waals surface area contributed by atoms with E-state index in [2.05, 4.69) is 0 Å². The quantitative estimate of drug-likeness (QED) is 0.718. The van der Waals surface area contributed by atoms with Gasteiger partial charge < -0.3 is 16.0 Å². The molecule has 2 bridgehead atoms. The van der Waals surface area contributed by atoms with Crippen LogP contribution in [0.4, 0.5) is 0 Å². The van der Waals surface area contributed by atoms with Crippen molar-refractivity contribution in [1.29, 1.82) is 0 Å². The van der Waals surface area contributed by atoms with Gasteiger partial charge in [0.2, 0.25) is 5.91 Å². The fraction of sp³-hybridized carbons (Fsp3) is 0.0625. The van der Waals surface area contributed by atoms with E-state index in [1.165, 1.54) is 6.92 Å². The van der Waals surface area contributed by atoms with Crippen molar-refractivity contribution in [1.82, 2.24) is 4.57 Å². The fourth-order valence-electron chi connectivity index (χ4n) is 2.04. The van der Waals surface area contributed by atoms with Crippen molar-refractivity contribution in [2.75, 3.05) is 0 Å². The molecule has 1 amide bonds. The maximum absolute atomic E-state index is 12.3. The van der Waals surface area contributed by atoms with Gasteiger partial charge in [-0.2, -0.15) is 0 Å². The monoisotopic (exact) mass is 300 g/mol. The number of primary amides is 1. The molecule has 0 atom stereocenters. The number of carbonyl (C=O) groups excluding carboxylic acids is 3. The van der Waals surface area contributed by atoms with E-state index in [4.69, 9.17) is 10.5 Å². The average Bonchev–Trinajstić information content (AvgIpc) is 3.07. The molecule has 3 rings (SSSR count). The van der Waals surface area contributed by atoms with Gasteiger partial charge in [-0.05, 0) is 55.5 Å². The predicted molar refractivity (Wildman–Crippen MR) is 83.2 cm³/mol. The zero-order valence-corrected chi connectivity index (χ0v) is 11.9. The lowest BCUT2D eigenvalue weighted by Gasteiger charge is -2.03. The normalized spacial score (nSPS) is 9.50. The van der Waals surface area contributed by atoms with E-state index < -0.39 is 5.91 Å². The Bertz CT molecular complexity index is 727. The van der Waals surface area contributed by atoms with Crippen LogP contribution in [0, 0.1) is 0 Å². The number of aromatic nitrogens is 1. The Labute approximate surface area is 126 Å². The first-order chi connectivity index (χ1) is 10.1. The van der Waals surface area contributed by atoms with Crippen molar-refractivity contribution < 1.29 is 19.9 Å². The lowest BCUT2D eigenvalue weighted by Crippen LogP contribution is -2.13. The van der Waals surface area contributed by atoms with Crippen LogP contribution < -0.4 is 5.73 Å². The number of fused-ring (bicyclic) bond motifs is 2. The molecule has 2 heterocycles. The average molecular weight is 300 g/mol. The van der Waals surface area contributed by atoms with E-state index in [0.717, 1.165) is 17.3 Å². The number of hydrogen-bond donors (Lipinski definition) is 1. The third kappa shape index (κ3) is 3.18. The van der Waals surface area contributed by atoms with E-state index in [1.807, 2.05) is 24.3 Å². The molecule has 6 nitrogen and oxygen atoms in total. The van der Waals surface area contributed by atoms with Crippen LogP contribution in [-0.4, -0.2) is 28.1 Å². The molecular formula is C16H16N2O4. The van der Waals surface area contributed by atoms with Crippen LogP contribution in [0.5, 0.6) is 0 Å². The summed E-state index contributed by atoms with van der Waals surface area (Å²) in [6, 6.07) is 13.9. The van der Waals surface area contributed by atoms with Gasteiger partial charge >= 0.3 is 0 Å². The first kappa shape index (κ1) is 17.1. The number of nitrogens with zero attached hydrogens (tertiary/aromatic N) is 1. The fourth-order valence-corrected chi connectivity index (χ4v) is 2.04. The van der Waals surface area contributed by atoms with Gasteiger partial charge in [-0.25, -0.2) is 0 Å². The van der Waals surface area contributed by atoms with Crippen LogP contribution in [0.25, 0.3) is 11.0 Å². The van der Waals surface area contributed by atoms with Crippen molar-refractivity contribution in [2.24, 2.45) is 5.73 Å². The summed E-state index contributed by atoms with van der Waals surface area (Å²) in [7, 11) is 0. The maximum atomic E-state index is 12.3. The van der Waals surface area contributed by atoms with Crippen LogP contribution in [0.15, 0.2) is 48.5 Å². The van der Waals surface area contributed by atoms with Crippen LogP contribution >= 0.6 is 0 Å². The molecule has 0 saturated carbocycles. The van der Waals surface area contributed by atoms with Gasteiger partial charge in [0.15, 0.2) is 0 Å². The summed E-state index contributed by atoms with van der Waals surface area (Å²) < 4.78 is 1.64. The number of hydrogen-bond acceptors (Lipinski definition) is 3. The van der Waals surface area contributed by atoms with E-state index in [1.54, 1.807) is 28.8 Å². The van der Waals surface area contributed by atoms with Gasteiger partial charge in [0.05, 0.1) is 0 Å². The highest BCUT2D eigenvalue weighted by molar-refractivity contribution is 6.03. The van der Waals surface area contributed by atoms with E-state index in [9.17, 15) is 9.59 Å². The lowest BCUT2D eigenvalue weighted by atomic mass is 10.1. The molecule has 0 radical (unpaired) electrons. The first-order valence-electron chi connectivity index (χ1n) is 6.32. The minimum Gasteiger partial charge on any atom is -0.412 e. The highest BCUT2D eigenvalue weighted by Crippen LogP contribution is 2.19. The van der Waals surface area contributed by atoms with Crippen molar-refractivity contribution in [2.45, 2.75) is 6.92 Å². The van der Waals surface area contributed by atoms with Crippen molar-refractivity contribution in [3.05, 3.63) is 59.7 Å². The zero-order chi connectivity index (χ0) is 15.4. The van der Waals surface area contributed by atoms with Crippen LogP contribution in [0.3, 0.4) is 0 Å². The van der Waals surface area contributed by atoms with Gasteiger partial charge in [0.25, 0.3) is 5.91 Å². The van der Waals surface area contributed by atoms with Crippen molar-refractivity contribution >= 4 is 29.1 Å². The highest BCUT2D eigenvalue weighted by atomic mass is 16.2. The molecule has 4 N–H and O–H groups in total. The van der Waals surface area contributed by atoms with E-state index in [0.29, 0.717) is 11.1 Å². The number of carbonyl (C=O) groups is 3. The van der Waals surface area contributed by atoms with Gasteiger partial charge in [-0.3, -0.25) is 14.2 Å². The van der Waals surface area contributed by atoms with E-state index >= 15 is 0 Å².